The molecule has 4 heteroatoms. The molecule has 0 aliphatic rings. The average molecular weight is 172 g/mol. The molecule has 0 unspecified atom stereocenters. The second-order valence-corrected chi connectivity index (χ2v) is 2.08. The van der Waals surface area contributed by atoms with Crippen molar-refractivity contribution in [2.24, 2.45) is 5.11 Å². The Bertz CT molecular complexity index is 375. The lowest BCUT2D eigenvalue weighted by Crippen LogP contribution is -1.92. The summed E-state index contributed by atoms with van der Waals surface area (Å²) in [4.78, 5) is 2.65. The molecule has 0 heterocycles. The van der Waals surface area contributed by atoms with Gasteiger partial charge in [-0.25, -0.2) is 0 Å². The molecule has 0 spiro atoms. The van der Waals surface area contributed by atoms with E-state index in [1.807, 2.05) is 0 Å². The first-order chi connectivity index (χ1) is 6.38. The molecule has 0 saturated carbocycles. The zero-order valence-electron chi connectivity index (χ0n) is 6.77. The molecule has 1 aromatic rings. The number of benzene rings is 1. The molecule has 1 radical (unpaired) electrons. The van der Waals surface area contributed by atoms with Crippen LogP contribution in [0.2, 0.25) is 0 Å². The van der Waals surface area contributed by atoms with Crippen LogP contribution in [0.4, 0.5) is 5.69 Å². The van der Waals surface area contributed by atoms with Crippen molar-refractivity contribution >= 4 is 5.69 Å². The predicted octanol–water partition coefficient (Wildman–Crippen LogP) is 2.44. The van der Waals surface area contributed by atoms with Gasteiger partial charge in [0.15, 0.2) is 0 Å². The number of hydrogen-bond donors (Lipinski definition) is 0. The van der Waals surface area contributed by atoms with E-state index in [-0.39, 0.29) is 6.61 Å². The zero-order chi connectivity index (χ0) is 9.52. The van der Waals surface area contributed by atoms with Crippen molar-refractivity contribution in [3.05, 3.63) is 34.7 Å². The maximum absolute atomic E-state index is 8.22. The molecule has 0 fully saturated rings. The van der Waals surface area contributed by atoms with Gasteiger partial charge in [0.05, 0.1) is 5.69 Å². The number of terminal acetylenes is 1. The third-order valence-corrected chi connectivity index (χ3v) is 1.27. The molecule has 0 N–H and O–H groups in total. The van der Waals surface area contributed by atoms with Gasteiger partial charge in [-0.2, -0.15) is 0 Å². The second kappa shape index (κ2) is 4.70. The summed E-state index contributed by atoms with van der Waals surface area (Å²) in [6, 6.07) is 7.59. The van der Waals surface area contributed by atoms with Gasteiger partial charge in [-0.05, 0) is 23.7 Å². The molecule has 63 valence electrons. The smallest absolute Gasteiger partial charge is 0.148 e. The lowest BCUT2D eigenvalue weighted by atomic mass is 10.3. The molecular formula is C9H6N3O. The van der Waals surface area contributed by atoms with Gasteiger partial charge in [0.1, 0.15) is 12.4 Å². The first-order valence-electron chi connectivity index (χ1n) is 3.50. The van der Waals surface area contributed by atoms with Gasteiger partial charge in [-0.15, -0.1) is 6.42 Å². The molecule has 1 aromatic carbocycles. The topological polar surface area (TPSA) is 58.0 Å². The Morgan fingerprint density at radius 3 is 3.31 bits per heavy atom. The van der Waals surface area contributed by atoms with Gasteiger partial charge >= 0.3 is 0 Å². The summed E-state index contributed by atoms with van der Waals surface area (Å²) in [5.41, 5.74) is 8.61. The number of ether oxygens (including phenoxy) is 1. The fourth-order valence-electron chi connectivity index (χ4n) is 0.775. The van der Waals surface area contributed by atoms with Gasteiger partial charge in [0.25, 0.3) is 0 Å². The Morgan fingerprint density at radius 1 is 1.77 bits per heavy atom. The SMILES string of the molecule is C#CCOc1cc[c]cc1N=[N+]=[N-]. The molecule has 0 amide bonds. The summed E-state index contributed by atoms with van der Waals surface area (Å²) >= 11 is 0. The lowest BCUT2D eigenvalue weighted by Gasteiger charge is -2.03. The minimum atomic E-state index is 0.151. The van der Waals surface area contributed by atoms with E-state index in [1.165, 1.54) is 6.07 Å². The summed E-state index contributed by atoms with van der Waals surface area (Å²) in [5, 5.41) is 3.42. The van der Waals surface area contributed by atoms with E-state index >= 15 is 0 Å². The van der Waals surface area contributed by atoms with Crippen LogP contribution in [-0.2, 0) is 0 Å². The fourth-order valence-corrected chi connectivity index (χ4v) is 0.775. The lowest BCUT2D eigenvalue weighted by molar-refractivity contribution is 0.371. The van der Waals surface area contributed by atoms with E-state index in [4.69, 9.17) is 16.7 Å². The van der Waals surface area contributed by atoms with E-state index in [1.54, 1.807) is 12.1 Å². The summed E-state index contributed by atoms with van der Waals surface area (Å²) in [5.74, 6) is 2.79. The number of azide groups is 1. The highest BCUT2D eigenvalue weighted by atomic mass is 16.5. The quantitative estimate of drug-likeness (QED) is 0.299. The van der Waals surface area contributed by atoms with Crippen molar-refractivity contribution in [3.63, 3.8) is 0 Å². The normalized spacial score (nSPS) is 8.23. The summed E-state index contributed by atoms with van der Waals surface area (Å²) < 4.78 is 5.12. The van der Waals surface area contributed by atoms with E-state index in [0.29, 0.717) is 11.4 Å². The van der Waals surface area contributed by atoms with Gasteiger partial charge in [-0.1, -0.05) is 17.1 Å². The van der Waals surface area contributed by atoms with Crippen LogP contribution >= 0.6 is 0 Å². The van der Waals surface area contributed by atoms with Crippen LogP contribution in [0, 0.1) is 18.4 Å². The third-order valence-electron chi connectivity index (χ3n) is 1.27. The molecule has 0 atom stereocenters. The number of hydrogen-bond acceptors (Lipinski definition) is 2. The van der Waals surface area contributed by atoms with Crippen LogP contribution in [0.3, 0.4) is 0 Å². The van der Waals surface area contributed by atoms with Crippen LogP contribution in [-0.4, -0.2) is 6.61 Å². The monoisotopic (exact) mass is 172 g/mol. The minimum absolute atomic E-state index is 0.151. The number of rotatable bonds is 3. The maximum atomic E-state index is 8.22. The highest BCUT2D eigenvalue weighted by Crippen LogP contribution is 2.26. The molecule has 0 bridgehead atoms. The Balaban J connectivity index is 2.92. The molecule has 0 aliphatic carbocycles. The first-order valence-corrected chi connectivity index (χ1v) is 3.50. The standard InChI is InChI=1S/C9H6N3O/c1-2-7-13-9-6-4-3-5-8(9)11-12-10/h1,4-6H,7H2. The largest absolute Gasteiger partial charge is 0.480 e. The van der Waals surface area contributed by atoms with Gasteiger partial charge in [-0.3, -0.25) is 0 Å². The third kappa shape index (κ3) is 2.44. The molecular weight excluding hydrogens is 166 g/mol. The Hall–Kier alpha value is -2.11. The summed E-state index contributed by atoms with van der Waals surface area (Å²) in [6.07, 6.45) is 5.01. The molecule has 4 nitrogen and oxygen atoms in total. The van der Waals surface area contributed by atoms with Crippen LogP contribution in [0.25, 0.3) is 10.4 Å². The van der Waals surface area contributed by atoms with E-state index in [9.17, 15) is 0 Å². The van der Waals surface area contributed by atoms with Crippen molar-refractivity contribution in [3.8, 4) is 18.1 Å². The molecule has 0 aromatic heterocycles. The minimum Gasteiger partial charge on any atom is -0.480 e. The van der Waals surface area contributed by atoms with Crippen LogP contribution in [0.5, 0.6) is 5.75 Å². The van der Waals surface area contributed by atoms with Crippen LogP contribution < -0.4 is 4.74 Å². The molecule has 0 aliphatic heterocycles. The maximum Gasteiger partial charge on any atom is 0.148 e. The van der Waals surface area contributed by atoms with Crippen molar-refractivity contribution < 1.29 is 4.74 Å². The molecule has 13 heavy (non-hydrogen) atoms. The van der Waals surface area contributed by atoms with Crippen molar-refractivity contribution in [2.45, 2.75) is 0 Å². The first kappa shape index (κ1) is 8.98. The van der Waals surface area contributed by atoms with Crippen LogP contribution in [0.1, 0.15) is 0 Å². The van der Waals surface area contributed by atoms with Crippen molar-refractivity contribution in [1.29, 1.82) is 0 Å². The van der Waals surface area contributed by atoms with Gasteiger partial charge in [0, 0.05) is 4.91 Å². The number of nitrogens with zero attached hydrogens (tertiary/aromatic N) is 3. The Morgan fingerprint density at radius 2 is 2.62 bits per heavy atom. The van der Waals surface area contributed by atoms with Crippen molar-refractivity contribution in [2.75, 3.05) is 6.61 Å². The average Bonchev–Trinajstić information content (AvgIpc) is 2.17. The Labute approximate surface area is 75.8 Å². The fraction of sp³-hybridized carbons (Fsp3) is 0.111. The van der Waals surface area contributed by atoms with E-state index in [0.717, 1.165) is 0 Å². The van der Waals surface area contributed by atoms with Gasteiger partial charge in [0.2, 0.25) is 0 Å². The highest BCUT2D eigenvalue weighted by molar-refractivity contribution is 5.50. The second-order valence-electron chi connectivity index (χ2n) is 2.08. The highest BCUT2D eigenvalue weighted by Gasteiger charge is 1.98. The molecule has 1 rings (SSSR count). The summed E-state index contributed by atoms with van der Waals surface area (Å²) in [7, 11) is 0. The van der Waals surface area contributed by atoms with Crippen molar-refractivity contribution in [1.82, 2.24) is 0 Å². The summed E-state index contributed by atoms with van der Waals surface area (Å²) in [6.45, 7) is 0.151. The molecule has 0 saturated heterocycles. The van der Waals surface area contributed by atoms with E-state index < -0.39 is 0 Å². The Kier molecular flexibility index (Phi) is 3.25. The van der Waals surface area contributed by atoms with E-state index in [2.05, 4.69) is 22.0 Å². The van der Waals surface area contributed by atoms with Gasteiger partial charge < -0.3 is 4.74 Å². The predicted molar refractivity (Wildman–Crippen MR) is 48.4 cm³/mol. The zero-order valence-corrected chi connectivity index (χ0v) is 6.77. The van der Waals surface area contributed by atoms with Crippen LogP contribution in [0.15, 0.2) is 23.3 Å².